The first-order chi connectivity index (χ1) is 9.78. The summed E-state index contributed by atoms with van der Waals surface area (Å²) in [6, 6.07) is 7.13. The van der Waals surface area contributed by atoms with Crippen LogP contribution in [-0.2, 0) is 14.3 Å². The van der Waals surface area contributed by atoms with Crippen LogP contribution in [-0.4, -0.2) is 25.2 Å². The molecule has 0 radical (unpaired) electrons. The van der Waals surface area contributed by atoms with E-state index < -0.39 is 5.97 Å². The predicted octanol–water partition coefficient (Wildman–Crippen LogP) is 3.52. The lowest BCUT2D eigenvalue weighted by Gasteiger charge is -2.16. The Hall–Kier alpha value is -1.84. The SMILES string of the molecule is Cc1ccc(C(=O)OCCOC(=O)CCC(C)(C)C)cc1. The van der Waals surface area contributed by atoms with Crippen molar-refractivity contribution in [2.24, 2.45) is 5.41 Å². The highest BCUT2D eigenvalue weighted by atomic mass is 16.6. The second-order valence-corrected chi connectivity index (χ2v) is 6.28. The van der Waals surface area contributed by atoms with Crippen molar-refractivity contribution >= 4 is 11.9 Å². The van der Waals surface area contributed by atoms with Gasteiger partial charge in [0, 0.05) is 6.42 Å². The second kappa shape index (κ2) is 7.81. The van der Waals surface area contributed by atoms with Gasteiger partial charge in [-0.2, -0.15) is 0 Å². The Morgan fingerprint density at radius 1 is 1.00 bits per heavy atom. The fourth-order valence-electron chi connectivity index (χ4n) is 1.61. The van der Waals surface area contributed by atoms with Gasteiger partial charge < -0.3 is 9.47 Å². The summed E-state index contributed by atoms with van der Waals surface area (Å²) in [4.78, 5) is 23.2. The Morgan fingerprint density at radius 2 is 1.57 bits per heavy atom. The highest BCUT2D eigenvalue weighted by molar-refractivity contribution is 5.89. The summed E-state index contributed by atoms with van der Waals surface area (Å²) in [5.41, 5.74) is 1.69. The van der Waals surface area contributed by atoms with E-state index in [0.717, 1.165) is 12.0 Å². The summed E-state index contributed by atoms with van der Waals surface area (Å²) in [7, 11) is 0. The van der Waals surface area contributed by atoms with Crippen molar-refractivity contribution in [3.8, 4) is 0 Å². The molecule has 116 valence electrons. The fraction of sp³-hybridized carbons (Fsp3) is 0.529. The Balaban J connectivity index is 2.20. The molecule has 0 N–H and O–H groups in total. The molecule has 4 heteroatoms. The van der Waals surface area contributed by atoms with E-state index in [9.17, 15) is 9.59 Å². The molecule has 0 unspecified atom stereocenters. The van der Waals surface area contributed by atoms with Crippen LogP contribution in [0.3, 0.4) is 0 Å². The molecule has 0 heterocycles. The van der Waals surface area contributed by atoms with Gasteiger partial charge in [0.1, 0.15) is 13.2 Å². The highest BCUT2D eigenvalue weighted by Gasteiger charge is 2.13. The standard InChI is InChI=1S/C17H24O4/c1-13-5-7-14(8-6-13)16(19)21-12-11-20-15(18)9-10-17(2,3)4/h5-8H,9-12H2,1-4H3. The average Bonchev–Trinajstić information content (AvgIpc) is 2.41. The maximum absolute atomic E-state index is 11.7. The fourth-order valence-corrected chi connectivity index (χ4v) is 1.61. The van der Waals surface area contributed by atoms with Crippen LogP contribution in [0.25, 0.3) is 0 Å². The summed E-state index contributed by atoms with van der Waals surface area (Å²) in [5.74, 6) is -0.656. The number of hydrogen-bond donors (Lipinski definition) is 0. The Bertz CT molecular complexity index is 469. The van der Waals surface area contributed by atoms with Gasteiger partial charge in [0.15, 0.2) is 0 Å². The van der Waals surface area contributed by atoms with Gasteiger partial charge in [0.25, 0.3) is 0 Å². The Kier molecular flexibility index (Phi) is 6.40. The number of aryl methyl sites for hydroxylation is 1. The number of benzene rings is 1. The van der Waals surface area contributed by atoms with E-state index in [2.05, 4.69) is 20.8 Å². The lowest BCUT2D eigenvalue weighted by Crippen LogP contribution is -2.15. The van der Waals surface area contributed by atoms with Crippen molar-refractivity contribution in [2.45, 2.75) is 40.5 Å². The molecule has 0 fully saturated rings. The molecule has 0 saturated carbocycles. The summed E-state index contributed by atoms with van der Waals surface area (Å²) < 4.78 is 10.1. The van der Waals surface area contributed by atoms with Crippen molar-refractivity contribution in [1.82, 2.24) is 0 Å². The molecule has 0 amide bonds. The highest BCUT2D eigenvalue weighted by Crippen LogP contribution is 2.20. The lowest BCUT2D eigenvalue weighted by molar-refractivity contribution is -0.145. The molecule has 0 aliphatic carbocycles. The van der Waals surface area contributed by atoms with Gasteiger partial charge in [0.05, 0.1) is 5.56 Å². The molecule has 0 aliphatic rings. The van der Waals surface area contributed by atoms with E-state index in [1.54, 1.807) is 12.1 Å². The van der Waals surface area contributed by atoms with Crippen LogP contribution >= 0.6 is 0 Å². The minimum Gasteiger partial charge on any atom is -0.462 e. The van der Waals surface area contributed by atoms with Crippen molar-refractivity contribution in [1.29, 1.82) is 0 Å². The van der Waals surface area contributed by atoms with Crippen molar-refractivity contribution in [3.63, 3.8) is 0 Å². The maximum atomic E-state index is 11.7. The van der Waals surface area contributed by atoms with E-state index in [1.165, 1.54) is 0 Å². The molecular formula is C17H24O4. The average molecular weight is 292 g/mol. The van der Waals surface area contributed by atoms with Crippen LogP contribution in [0.2, 0.25) is 0 Å². The van der Waals surface area contributed by atoms with Crippen molar-refractivity contribution in [3.05, 3.63) is 35.4 Å². The third-order valence-electron chi connectivity index (χ3n) is 2.95. The molecule has 1 aromatic rings. The molecule has 1 rings (SSSR count). The van der Waals surface area contributed by atoms with Crippen molar-refractivity contribution < 1.29 is 19.1 Å². The molecule has 0 aliphatic heterocycles. The van der Waals surface area contributed by atoms with Gasteiger partial charge in [-0.05, 0) is 30.9 Å². The monoisotopic (exact) mass is 292 g/mol. The van der Waals surface area contributed by atoms with Crippen LogP contribution in [0.15, 0.2) is 24.3 Å². The molecule has 21 heavy (non-hydrogen) atoms. The molecule has 0 spiro atoms. The van der Waals surface area contributed by atoms with E-state index in [1.807, 2.05) is 19.1 Å². The van der Waals surface area contributed by atoms with Gasteiger partial charge in [-0.1, -0.05) is 38.5 Å². The molecule has 4 nitrogen and oxygen atoms in total. The number of esters is 2. The number of ether oxygens (including phenoxy) is 2. The van der Waals surface area contributed by atoms with Gasteiger partial charge in [-0.3, -0.25) is 4.79 Å². The normalized spacial score (nSPS) is 11.0. The topological polar surface area (TPSA) is 52.6 Å². The molecule has 0 bridgehead atoms. The zero-order valence-electron chi connectivity index (χ0n) is 13.3. The van der Waals surface area contributed by atoms with Gasteiger partial charge in [0.2, 0.25) is 0 Å². The number of carbonyl (C=O) groups excluding carboxylic acids is 2. The first kappa shape index (κ1) is 17.2. The maximum Gasteiger partial charge on any atom is 0.338 e. The molecule has 0 saturated heterocycles. The number of hydrogen-bond acceptors (Lipinski definition) is 4. The molecule has 1 aromatic carbocycles. The quantitative estimate of drug-likeness (QED) is 0.594. The first-order valence-corrected chi connectivity index (χ1v) is 7.17. The number of rotatable bonds is 6. The third kappa shape index (κ3) is 7.49. The first-order valence-electron chi connectivity index (χ1n) is 7.17. The summed E-state index contributed by atoms with van der Waals surface area (Å²) in [5, 5.41) is 0. The largest absolute Gasteiger partial charge is 0.462 e. The minimum absolute atomic E-state index is 0.0773. The van der Waals surface area contributed by atoms with Crippen LogP contribution in [0, 0.1) is 12.3 Å². The second-order valence-electron chi connectivity index (χ2n) is 6.28. The molecular weight excluding hydrogens is 268 g/mol. The third-order valence-corrected chi connectivity index (χ3v) is 2.95. The summed E-state index contributed by atoms with van der Waals surface area (Å²) >= 11 is 0. The van der Waals surface area contributed by atoms with Crippen molar-refractivity contribution in [2.75, 3.05) is 13.2 Å². The van der Waals surface area contributed by atoms with Crippen LogP contribution in [0.5, 0.6) is 0 Å². The van der Waals surface area contributed by atoms with Gasteiger partial charge in [-0.25, -0.2) is 4.79 Å². The van der Waals surface area contributed by atoms with Gasteiger partial charge >= 0.3 is 11.9 Å². The molecule has 0 atom stereocenters. The zero-order valence-corrected chi connectivity index (χ0v) is 13.3. The van der Waals surface area contributed by atoms with E-state index >= 15 is 0 Å². The van der Waals surface area contributed by atoms with Crippen LogP contribution in [0.1, 0.15) is 49.5 Å². The lowest BCUT2D eigenvalue weighted by atomic mass is 9.91. The predicted molar refractivity (Wildman–Crippen MR) is 81.1 cm³/mol. The van der Waals surface area contributed by atoms with Gasteiger partial charge in [-0.15, -0.1) is 0 Å². The van der Waals surface area contributed by atoms with E-state index in [4.69, 9.17) is 9.47 Å². The Morgan fingerprint density at radius 3 is 2.14 bits per heavy atom. The van der Waals surface area contributed by atoms with Crippen LogP contribution in [0.4, 0.5) is 0 Å². The van der Waals surface area contributed by atoms with E-state index in [-0.39, 0.29) is 24.6 Å². The van der Waals surface area contributed by atoms with E-state index in [0.29, 0.717) is 12.0 Å². The van der Waals surface area contributed by atoms with Crippen LogP contribution < -0.4 is 0 Å². The number of carbonyl (C=O) groups is 2. The molecule has 0 aromatic heterocycles. The Labute approximate surface area is 126 Å². The summed E-state index contributed by atoms with van der Waals surface area (Å²) in [6.07, 6.45) is 1.16. The minimum atomic E-state index is -0.402. The smallest absolute Gasteiger partial charge is 0.338 e. The summed E-state index contributed by atoms with van der Waals surface area (Å²) in [6.45, 7) is 8.34. The zero-order chi connectivity index (χ0) is 15.9.